The third-order valence-electron chi connectivity index (χ3n) is 4.70. The van der Waals surface area contributed by atoms with Gasteiger partial charge in [-0.1, -0.05) is 54.1 Å². The second kappa shape index (κ2) is 6.88. The second-order valence-corrected chi connectivity index (χ2v) is 8.32. The van der Waals surface area contributed by atoms with Gasteiger partial charge in [-0.2, -0.15) is 8.42 Å². The first-order valence-electron chi connectivity index (χ1n) is 8.39. The van der Waals surface area contributed by atoms with Crippen molar-refractivity contribution in [3.63, 3.8) is 0 Å². The average molecular weight is 385 g/mol. The van der Waals surface area contributed by atoms with Crippen LogP contribution in [0.4, 0.5) is 0 Å². The van der Waals surface area contributed by atoms with Crippen molar-refractivity contribution in [2.75, 3.05) is 0 Å². The highest BCUT2D eigenvalue weighted by Crippen LogP contribution is 2.35. The first kappa shape index (κ1) is 17.3. The third-order valence-corrected chi connectivity index (χ3v) is 6.23. The second-order valence-electron chi connectivity index (χ2n) is 6.27. The van der Waals surface area contributed by atoms with Gasteiger partial charge in [0, 0.05) is 5.02 Å². The Hall–Kier alpha value is -2.14. The molecular weight excluding hydrogens is 368 g/mol. The molecule has 3 nitrogen and oxygen atoms in total. The lowest BCUT2D eigenvalue weighted by Gasteiger charge is -2.22. The van der Waals surface area contributed by atoms with Gasteiger partial charge in [-0.05, 0) is 64.9 Å². The number of halogens is 1. The molecule has 0 amide bonds. The highest BCUT2D eigenvalue weighted by Gasteiger charge is 2.20. The highest BCUT2D eigenvalue weighted by atomic mass is 35.5. The number of fused-ring (bicyclic) bond motifs is 3. The fourth-order valence-electron chi connectivity index (χ4n) is 3.39. The molecule has 3 aromatic carbocycles. The maximum Gasteiger partial charge on any atom is 0.297 e. The van der Waals surface area contributed by atoms with E-state index < -0.39 is 10.1 Å². The maximum atomic E-state index is 12.4. The van der Waals surface area contributed by atoms with Gasteiger partial charge in [-0.3, -0.25) is 4.18 Å². The lowest BCUT2D eigenvalue weighted by atomic mass is 9.83. The molecule has 4 rings (SSSR count). The normalized spacial score (nSPS) is 13.1. The van der Waals surface area contributed by atoms with E-state index in [9.17, 15) is 8.42 Å². The summed E-state index contributed by atoms with van der Waals surface area (Å²) in [4.78, 5) is 0.108. The zero-order chi connectivity index (χ0) is 18.1. The Morgan fingerprint density at radius 2 is 1.58 bits per heavy atom. The Labute approximate surface area is 158 Å². The highest BCUT2D eigenvalue weighted by molar-refractivity contribution is 7.86. The van der Waals surface area contributed by atoms with E-state index >= 15 is 0 Å². The van der Waals surface area contributed by atoms with Crippen molar-refractivity contribution >= 4 is 21.7 Å². The monoisotopic (exact) mass is 384 g/mol. The van der Waals surface area contributed by atoms with Crippen molar-refractivity contribution in [3.05, 3.63) is 88.4 Å². The van der Waals surface area contributed by atoms with Crippen LogP contribution in [0.15, 0.2) is 71.6 Å². The fourth-order valence-corrected chi connectivity index (χ4v) is 4.40. The van der Waals surface area contributed by atoms with Gasteiger partial charge in [-0.15, -0.1) is 0 Å². The standard InChI is InChI=1S/C21H17ClO3S/c22-17-9-11-18(12-10-17)26(23,24)25-14-16-5-3-7-21-19-6-2-1-4-15(19)8-13-20(16)21/h1-7,9-12H,8,13-14H2. The van der Waals surface area contributed by atoms with E-state index in [-0.39, 0.29) is 11.5 Å². The lowest BCUT2D eigenvalue weighted by molar-refractivity contribution is 0.307. The number of benzene rings is 3. The van der Waals surface area contributed by atoms with E-state index in [1.165, 1.54) is 23.3 Å². The summed E-state index contributed by atoms with van der Waals surface area (Å²) in [6, 6.07) is 20.3. The molecule has 0 atom stereocenters. The van der Waals surface area contributed by atoms with Crippen LogP contribution < -0.4 is 0 Å². The third kappa shape index (κ3) is 3.28. The van der Waals surface area contributed by atoms with Crippen LogP contribution >= 0.6 is 11.6 Å². The summed E-state index contributed by atoms with van der Waals surface area (Å²) in [7, 11) is -3.82. The van der Waals surface area contributed by atoms with Gasteiger partial charge in [0.05, 0.1) is 11.5 Å². The van der Waals surface area contributed by atoms with Gasteiger partial charge in [0.1, 0.15) is 0 Å². The Balaban J connectivity index is 1.62. The first-order valence-corrected chi connectivity index (χ1v) is 10.2. The minimum atomic E-state index is -3.82. The zero-order valence-electron chi connectivity index (χ0n) is 14.0. The maximum absolute atomic E-state index is 12.4. The molecule has 0 N–H and O–H groups in total. The van der Waals surface area contributed by atoms with Crippen molar-refractivity contribution in [2.24, 2.45) is 0 Å². The zero-order valence-corrected chi connectivity index (χ0v) is 15.6. The summed E-state index contributed by atoms with van der Waals surface area (Å²) in [5.74, 6) is 0. The molecule has 0 fully saturated rings. The molecule has 1 aliphatic rings. The number of hydrogen-bond donors (Lipinski definition) is 0. The molecule has 0 radical (unpaired) electrons. The van der Waals surface area contributed by atoms with Gasteiger partial charge in [-0.25, -0.2) is 0 Å². The minimum absolute atomic E-state index is 0.0241. The van der Waals surface area contributed by atoms with E-state index in [2.05, 4.69) is 24.3 Å². The summed E-state index contributed by atoms with van der Waals surface area (Å²) in [5, 5.41) is 0.486. The molecule has 132 valence electrons. The Kier molecular flexibility index (Phi) is 4.57. The molecule has 0 unspecified atom stereocenters. The van der Waals surface area contributed by atoms with E-state index in [1.807, 2.05) is 18.2 Å². The number of rotatable bonds is 4. The quantitative estimate of drug-likeness (QED) is 0.594. The molecular formula is C21H17ClO3S. The summed E-state index contributed by atoms with van der Waals surface area (Å²) in [5.41, 5.74) is 5.78. The largest absolute Gasteiger partial charge is 0.297 e. The van der Waals surface area contributed by atoms with Crippen LogP contribution in [0, 0.1) is 0 Å². The van der Waals surface area contributed by atoms with Crippen molar-refractivity contribution < 1.29 is 12.6 Å². The summed E-state index contributed by atoms with van der Waals surface area (Å²) < 4.78 is 30.2. The summed E-state index contributed by atoms with van der Waals surface area (Å²) in [6.07, 6.45) is 1.83. The molecule has 0 bridgehead atoms. The van der Waals surface area contributed by atoms with Crippen LogP contribution in [0.2, 0.25) is 5.02 Å². The lowest BCUT2D eigenvalue weighted by Crippen LogP contribution is -2.11. The molecule has 0 heterocycles. The smallest absolute Gasteiger partial charge is 0.262 e. The molecule has 0 saturated heterocycles. The molecule has 26 heavy (non-hydrogen) atoms. The van der Waals surface area contributed by atoms with Gasteiger partial charge in [0.2, 0.25) is 0 Å². The Morgan fingerprint density at radius 3 is 2.38 bits per heavy atom. The van der Waals surface area contributed by atoms with Gasteiger partial charge >= 0.3 is 0 Å². The number of aryl methyl sites for hydroxylation is 1. The van der Waals surface area contributed by atoms with Crippen LogP contribution in [-0.4, -0.2) is 8.42 Å². The van der Waals surface area contributed by atoms with Crippen LogP contribution in [-0.2, 0) is 33.7 Å². The summed E-state index contributed by atoms with van der Waals surface area (Å²) >= 11 is 5.82. The van der Waals surface area contributed by atoms with Crippen molar-refractivity contribution in [1.29, 1.82) is 0 Å². The fraction of sp³-hybridized carbons (Fsp3) is 0.143. The van der Waals surface area contributed by atoms with E-state index in [4.69, 9.17) is 15.8 Å². The van der Waals surface area contributed by atoms with Crippen LogP contribution in [0.3, 0.4) is 0 Å². The van der Waals surface area contributed by atoms with Crippen molar-refractivity contribution in [1.82, 2.24) is 0 Å². The van der Waals surface area contributed by atoms with Crippen molar-refractivity contribution in [3.8, 4) is 11.1 Å². The van der Waals surface area contributed by atoms with Crippen LogP contribution in [0.1, 0.15) is 16.7 Å². The number of hydrogen-bond acceptors (Lipinski definition) is 3. The predicted molar refractivity (Wildman–Crippen MR) is 103 cm³/mol. The van der Waals surface area contributed by atoms with E-state index in [1.54, 1.807) is 12.1 Å². The van der Waals surface area contributed by atoms with Gasteiger partial charge in [0.25, 0.3) is 10.1 Å². The molecule has 0 saturated carbocycles. The molecule has 3 aromatic rings. The van der Waals surface area contributed by atoms with Gasteiger partial charge < -0.3 is 0 Å². The minimum Gasteiger partial charge on any atom is -0.262 e. The van der Waals surface area contributed by atoms with Crippen molar-refractivity contribution in [2.45, 2.75) is 24.3 Å². The SMILES string of the molecule is O=S(=O)(OCc1cccc2c1CCc1ccccc1-2)c1ccc(Cl)cc1. The molecule has 0 spiro atoms. The Bertz CT molecular complexity index is 1060. The first-order chi connectivity index (χ1) is 12.5. The topological polar surface area (TPSA) is 43.4 Å². The predicted octanol–water partition coefficient (Wildman–Crippen LogP) is 5.01. The van der Waals surface area contributed by atoms with Crippen LogP contribution in [0.25, 0.3) is 11.1 Å². The molecule has 1 aliphatic carbocycles. The Morgan fingerprint density at radius 1 is 0.846 bits per heavy atom. The molecule has 5 heteroatoms. The summed E-state index contributed by atoms with van der Waals surface area (Å²) in [6.45, 7) is 0.0241. The van der Waals surface area contributed by atoms with E-state index in [0.717, 1.165) is 29.5 Å². The van der Waals surface area contributed by atoms with Crippen LogP contribution in [0.5, 0.6) is 0 Å². The molecule has 0 aliphatic heterocycles. The van der Waals surface area contributed by atoms with E-state index in [0.29, 0.717) is 5.02 Å². The average Bonchev–Trinajstić information content (AvgIpc) is 2.66. The van der Waals surface area contributed by atoms with Gasteiger partial charge in [0.15, 0.2) is 0 Å². The molecule has 0 aromatic heterocycles.